The van der Waals surface area contributed by atoms with Gasteiger partial charge in [-0.05, 0) is 25.0 Å². The highest BCUT2D eigenvalue weighted by Crippen LogP contribution is 2.29. The number of benzene rings is 1. The normalized spacial score (nSPS) is 17.4. The van der Waals surface area contributed by atoms with Crippen molar-refractivity contribution in [2.24, 2.45) is 5.92 Å². The number of Topliss-reactive ketones (excluding diaryl/α,β-unsaturated/α-hetero) is 1. The molecule has 0 saturated carbocycles. The van der Waals surface area contributed by atoms with Gasteiger partial charge in [0, 0.05) is 6.54 Å². The first-order valence-electron chi connectivity index (χ1n) is 6.67. The quantitative estimate of drug-likeness (QED) is 0.816. The highest BCUT2D eigenvalue weighted by Gasteiger charge is 2.30. The highest BCUT2D eigenvalue weighted by atomic mass is 35.5. The SMILES string of the molecule is CCn1ncc(Cl)c1C(=O)C1COc2ccccc2C1. The van der Waals surface area contributed by atoms with Crippen LogP contribution in [0.3, 0.4) is 0 Å². The lowest BCUT2D eigenvalue weighted by Gasteiger charge is -2.24. The molecule has 0 bridgehead atoms. The second-order valence-electron chi connectivity index (χ2n) is 4.84. The maximum Gasteiger partial charge on any atom is 0.189 e. The minimum atomic E-state index is -0.204. The molecule has 20 heavy (non-hydrogen) atoms. The number of carbonyl (C=O) groups excluding carboxylic acids is 1. The lowest BCUT2D eigenvalue weighted by molar-refractivity contribution is 0.0844. The van der Waals surface area contributed by atoms with E-state index in [9.17, 15) is 4.79 Å². The van der Waals surface area contributed by atoms with Gasteiger partial charge < -0.3 is 4.74 Å². The second-order valence-corrected chi connectivity index (χ2v) is 5.25. The average Bonchev–Trinajstić information content (AvgIpc) is 2.87. The molecule has 0 saturated heterocycles. The summed E-state index contributed by atoms with van der Waals surface area (Å²) >= 11 is 6.09. The van der Waals surface area contributed by atoms with Gasteiger partial charge in [0.05, 0.1) is 23.7 Å². The van der Waals surface area contributed by atoms with Gasteiger partial charge in [-0.3, -0.25) is 9.48 Å². The molecule has 0 radical (unpaired) electrons. The molecule has 2 heterocycles. The Labute approximate surface area is 122 Å². The van der Waals surface area contributed by atoms with Crippen LogP contribution in [0.1, 0.15) is 23.0 Å². The Bertz CT molecular complexity index is 651. The van der Waals surface area contributed by atoms with Crippen molar-refractivity contribution < 1.29 is 9.53 Å². The number of ketones is 1. The second kappa shape index (κ2) is 5.29. The first-order valence-corrected chi connectivity index (χ1v) is 7.04. The predicted octanol–water partition coefficient (Wildman–Crippen LogP) is 2.99. The monoisotopic (exact) mass is 290 g/mol. The van der Waals surface area contributed by atoms with Gasteiger partial charge in [0.25, 0.3) is 0 Å². The fraction of sp³-hybridized carbons (Fsp3) is 0.333. The summed E-state index contributed by atoms with van der Waals surface area (Å²) in [6, 6.07) is 7.81. The number of carbonyl (C=O) groups is 1. The van der Waals surface area contributed by atoms with Crippen molar-refractivity contribution in [2.75, 3.05) is 6.61 Å². The summed E-state index contributed by atoms with van der Waals surface area (Å²) in [7, 11) is 0. The van der Waals surface area contributed by atoms with Crippen LogP contribution < -0.4 is 4.74 Å². The van der Waals surface area contributed by atoms with Crippen molar-refractivity contribution in [3.05, 3.63) is 46.7 Å². The molecule has 1 aliphatic rings. The number of rotatable bonds is 3. The zero-order valence-electron chi connectivity index (χ0n) is 11.2. The minimum Gasteiger partial charge on any atom is -0.493 e. The first kappa shape index (κ1) is 13.2. The molecule has 0 fully saturated rings. The zero-order valence-corrected chi connectivity index (χ0v) is 11.9. The molecule has 0 aliphatic carbocycles. The van der Waals surface area contributed by atoms with Crippen molar-refractivity contribution in [3.8, 4) is 5.75 Å². The molecule has 1 aromatic carbocycles. The minimum absolute atomic E-state index is 0.00357. The molecular weight excluding hydrogens is 276 g/mol. The number of para-hydroxylation sites is 1. The summed E-state index contributed by atoms with van der Waals surface area (Å²) in [6.07, 6.45) is 2.20. The molecule has 1 aliphatic heterocycles. The molecule has 0 spiro atoms. The Balaban J connectivity index is 1.88. The van der Waals surface area contributed by atoms with Crippen molar-refractivity contribution in [2.45, 2.75) is 19.9 Å². The Morgan fingerprint density at radius 3 is 3.10 bits per heavy atom. The van der Waals surface area contributed by atoms with Gasteiger partial charge >= 0.3 is 0 Å². The van der Waals surface area contributed by atoms with Gasteiger partial charge in [-0.2, -0.15) is 5.10 Å². The van der Waals surface area contributed by atoms with Crippen LogP contribution in [-0.2, 0) is 13.0 Å². The van der Waals surface area contributed by atoms with E-state index in [4.69, 9.17) is 16.3 Å². The Morgan fingerprint density at radius 1 is 1.50 bits per heavy atom. The molecule has 2 aromatic rings. The largest absolute Gasteiger partial charge is 0.493 e. The van der Waals surface area contributed by atoms with E-state index < -0.39 is 0 Å². The third kappa shape index (κ3) is 2.20. The lowest BCUT2D eigenvalue weighted by atomic mass is 9.92. The van der Waals surface area contributed by atoms with Crippen molar-refractivity contribution >= 4 is 17.4 Å². The maximum atomic E-state index is 12.6. The van der Waals surface area contributed by atoms with Crippen LogP contribution in [0.4, 0.5) is 0 Å². The van der Waals surface area contributed by atoms with Crippen LogP contribution in [-0.4, -0.2) is 22.2 Å². The summed E-state index contributed by atoms with van der Waals surface area (Å²) in [4.78, 5) is 12.6. The molecule has 4 nitrogen and oxygen atoms in total. The third-order valence-electron chi connectivity index (χ3n) is 3.58. The maximum absolute atomic E-state index is 12.6. The van der Waals surface area contributed by atoms with E-state index in [1.807, 2.05) is 31.2 Å². The number of aryl methyl sites for hydroxylation is 1. The van der Waals surface area contributed by atoms with Gasteiger partial charge in [0.1, 0.15) is 11.4 Å². The number of aromatic nitrogens is 2. The van der Waals surface area contributed by atoms with E-state index in [2.05, 4.69) is 5.10 Å². The van der Waals surface area contributed by atoms with Crippen molar-refractivity contribution in [1.82, 2.24) is 9.78 Å². The fourth-order valence-corrected chi connectivity index (χ4v) is 2.77. The summed E-state index contributed by atoms with van der Waals surface area (Å²) in [6.45, 7) is 2.95. The van der Waals surface area contributed by atoms with Crippen LogP contribution >= 0.6 is 11.6 Å². The average molecular weight is 291 g/mol. The molecule has 0 N–H and O–H groups in total. The molecule has 104 valence electrons. The van der Waals surface area contributed by atoms with Crippen LogP contribution in [0, 0.1) is 5.92 Å². The van der Waals surface area contributed by atoms with Crippen LogP contribution in [0.5, 0.6) is 5.75 Å². The molecule has 5 heteroatoms. The smallest absolute Gasteiger partial charge is 0.189 e. The number of ether oxygens (including phenoxy) is 1. The third-order valence-corrected chi connectivity index (χ3v) is 3.85. The molecule has 1 atom stereocenters. The molecule has 1 aromatic heterocycles. The molecule has 3 rings (SSSR count). The van der Waals surface area contributed by atoms with Gasteiger partial charge in [-0.1, -0.05) is 29.8 Å². The topological polar surface area (TPSA) is 44.1 Å². The van der Waals surface area contributed by atoms with E-state index in [1.165, 1.54) is 6.20 Å². The lowest BCUT2D eigenvalue weighted by Crippen LogP contribution is -2.30. The van der Waals surface area contributed by atoms with Crippen molar-refractivity contribution in [3.63, 3.8) is 0 Å². The fourth-order valence-electron chi connectivity index (χ4n) is 2.54. The summed E-state index contributed by atoms with van der Waals surface area (Å²) < 4.78 is 7.32. The summed E-state index contributed by atoms with van der Waals surface area (Å²) in [5.41, 5.74) is 1.55. The molecule has 1 unspecified atom stereocenters. The Morgan fingerprint density at radius 2 is 2.30 bits per heavy atom. The van der Waals surface area contributed by atoms with E-state index in [0.717, 1.165) is 11.3 Å². The number of halogens is 1. The predicted molar refractivity (Wildman–Crippen MR) is 76.4 cm³/mol. The van der Waals surface area contributed by atoms with Crippen LogP contribution in [0.15, 0.2) is 30.5 Å². The number of hydrogen-bond acceptors (Lipinski definition) is 3. The Hall–Kier alpha value is -1.81. The van der Waals surface area contributed by atoms with Crippen molar-refractivity contribution in [1.29, 1.82) is 0 Å². The number of hydrogen-bond donors (Lipinski definition) is 0. The van der Waals surface area contributed by atoms with Crippen LogP contribution in [0.25, 0.3) is 0 Å². The zero-order chi connectivity index (χ0) is 14.1. The Kier molecular flexibility index (Phi) is 3.49. The van der Waals surface area contributed by atoms with Crippen LogP contribution in [0.2, 0.25) is 5.02 Å². The van der Waals surface area contributed by atoms with E-state index in [-0.39, 0.29) is 11.7 Å². The standard InChI is InChI=1S/C15H15ClN2O2/c1-2-18-14(12(16)8-17-18)15(19)11-7-10-5-3-4-6-13(10)20-9-11/h3-6,8,11H,2,7,9H2,1H3. The molecule has 0 amide bonds. The number of fused-ring (bicyclic) bond motifs is 1. The molecular formula is C15H15ClN2O2. The number of nitrogens with zero attached hydrogens (tertiary/aromatic N) is 2. The summed E-state index contributed by atoms with van der Waals surface area (Å²) in [5.74, 6) is 0.667. The van der Waals surface area contributed by atoms with Gasteiger partial charge in [-0.25, -0.2) is 0 Å². The highest BCUT2D eigenvalue weighted by molar-refractivity contribution is 6.33. The first-order chi connectivity index (χ1) is 9.70. The van der Waals surface area contributed by atoms with Gasteiger partial charge in [0.2, 0.25) is 0 Å². The van der Waals surface area contributed by atoms with Gasteiger partial charge in [0.15, 0.2) is 5.78 Å². The van der Waals surface area contributed by atoms with E-state index in [1.54, 1.807) is 4.68 Å². The summed E-state index contributed by atoms with van der Waals surface area (Å²) in [5, 5.41) is 4.53. The van der Waals surface area contributed by atoms with Gasteiger partial charge in [-0.15, -0.1) is 0 Å². The van der Waals surface area contributed by atoms with E-state index >= 15 is 0 Å². The van der Waals surface area contributed by atoms with E-state index in [0.29, 0.717) is 30.3 Å².